The Kier molecular flexibility index (Phi) is 5.24. The highest BCUT2D eigenvalue weighted by Crippen LogP contribution is 2.33. The topological polar surface area (TPSA) is 79.2 Å². The summed E-state index contributed by atoms with van der Waals surface area (Å²) in [5.41, 5.74) is 3.49. The summed E-state index contributed by atoms with van der Waals surface area (Å²) in [6.45, 7) is 3.78. The molecular formula is C24H20N4O2S2. The third-order valence-electron chi connectivity index (χ3n) is 5.38. The number of carbonyl (C=O) groups is 1. The highest BCUT2D eigenvalue weighted by Gasteiger charge is 2.33. The van der Waals surface area contributed by atoms with Gasteiger partial charge in [0, 0.05) is 22.5 Å². The molecule has 1 aromatic carbocycles. The maximum atomic E-state index is 13.5. The number of hydrogen-bond acceptors (Lipinski definition) is 5. The van der Waals surface area contributed by atoms with E-state index in [1.807, 2.05) is 80.0 Å². The van der Waals surface area contributed by atoms with E-state index in [1.54, 1.807) is 4.57 Å². The predicted octanol–water partition coefficient (Wildman–Crippen LogP) is 3.57. The molecule has 1 aliphatic heterocycles. The summed E-state index contributed by atoms with van der Waals surface area (Å²) < 4.78 is 2.21. The Hall–Kier alpha value is -3.49. The second kappa shape index (κ2) is 8.22. The van der Waals surface area contributed by atoms with Crippen LogP contribution in [0.15, 0.2) is 81.2 Å². The van der Waals surface area contributed by atoms with Crippen LogP contribution < -0.4 is 20.2 Å². The molecular weight excluding hydrogens is 440 g/mol. The van der Waals surface area contributed by atoms with Crippen LogP contribution in [0, 0.1) is 6.92 Å². The average Bonchev–Trinajstić information content (AvgIpc) is 3.52. The van der Waals surface area contributed by atoms with E-state index in [2.05, 4.69) is 15.3 Å². The molecule has 0 spiro atoms. The monoisotopic (exact) mass is 460 g/mol. The zero-order valence-corrected chi connectivity index (χ0v) is 19.1. The van der Waals surface area contributed by atoms with Crippen molar-refractivity contribution in [1.82, 2.24) is 9.55 Å². The Balaban J connectivity index is 1.66. The molecule has 4 aromatic rings. The number of aromatic amines is 1. The summed E-state index contributed by atoms with van der Waals surface area (Å²) in [6.07, 6.45) is 3.64. The van der Waals surface area contributed by atoms with Crippen molar-refractivity contribution >= 4 is 40.3 Å². The van der Waals surface area contributed by atoms with Gasteiger partial charge in [0.2, 0.25) is 0 Å². The van der Waals surface area contributed by atoms with Crippen LogP contribution in [0.1, 0.15) is 29.1 Å². The lowest BCUT2D eigenvalue weighted by atomic mass is 10.0. The summed E-state index contributed by atoms with van der Waals surface area (Å²) in [5, 5.41) is 4.97. The average molecular weight is 461 g/mol. The van der Waals surface area contributed by atoms with E-state index < -0.39 is 6.04 Å². The van der Waals surface area contributed by atoms with Crippen molar-refractivity contribution in [2.24, 2.45) is 4.99 Å². The first kappa shape index (κ1) is 20.4. The molecule has 5 rings (SSSR count). The SMILES string of the molecule is CC1=C(C(=O)Nc2ccccc2C)[C@@H](c2cccs2)n2c(s/c(=C/c3ccc[nH]3)c2=O)=N1. The van der Waals surface area contributed by atoms with E-state index >= 15 is 0 Å². The molecule has 1 aliphatic rings. The maximum absolute atomic E-state index is 13.5. The van der Waals surface area contributed by atoms with E-state index in [-0.39, 0.29) is 11.5 Å². The molecule has 6 nitrogen and oxygen atoms in total. The molecule has 0 aliphatic carbocycles. The number of anilines is 1. The Morgan fingerprint density at radius 1 is 1.16 bits per heavy atom. The van der Waals surface area contributed by atoms with Crippen molar-refractivity contribution in [3.63, 3.8) is 0 Å². The molecule has 0 unspecified atom stereocenters. The summed E-state index contributed by atoms with van der Waals surface area (Å²) in [7, 11) is 0. The Morgan fingerprint density at radius 2 is 2.00 bits per heavy atom. The van der Waals surface area contributed by atoms with Gasteiger partial charge in [-0.25, -0.2) is 4.99 Å². The number of allylic oxidation sites excluding steroid dienone is 1. The Morgan fingerprint density at radius 3 is 2.72 bits per heavy atom. The number of fused-ring (bicyclic) bond motifs is 1. The number of H-pyrrole nitrogens is 1. The van der Waals surface area contributed by atoms with Crippen LogP contribution in [0.5, 0.6) is 0 Å². The second-order valence-corrected chi connectivity index (χ2v) is 9.48. The van der Waals surface area contributed by atoms with Gasteiger partial charge in [-0.05, 0) is 55.1 Å². The number of nitrogens with zero attached hydrogens (tertiary/aromatic N) is 2. The largest absolute Gasteiger partial charge is 0.362 e. The molecule has 4 heterocycles. The Bertz CT molecular complexity index is 1510. The lowest BCUT2D eigenvalue weighted by Gasteiger charge is -2.24. The zero-order chi connectivity index (χ0) is 22.2. The van der Waals surface area contributed by atoms with Crippen LogP contribution in [0.25, 0.3) is 6.08 Å². The number of hydrogen-bond donors (Lipinski definition) is 2. The van der Waals surface area contributed by atoms with E-state index in [0.717, 1.165) is 21.8 Å². The lowest BCUT2D eigenvalue weighted by Crippen LogP contribution is -2.40. The molecule has 3 aromatic heterocycles. The van der Waals surface area contributed by atoms with Crippen LogP contribution in [-0.2, 0) is 4.79 Å². The molecule has 0 fully saturated rings. The minimum atomic E-state index is -0.527. The fourth-order valence-corrected chi connectivity index (χ4v) is 5.67. The van der Waals surface area contributed by atoms with Crippen molar-refractivity contribution in [2.75, 3.05) is 5.32 Å². The normalized spacial score (nSPS) is 16.1. The summed E-state index contributed by atoms with van der Waals surface area (Å²) >= 11 is 2.85. The van der Waals surface area contributed by atoms with Crippen molar-refractivity contribution in [3.05, 3.63) is 107 Å². The molecule has 1 amide bonds. The van der Waals surface area contributed by atoms with Gasteiger partial charge in [0.1, 0.15) is 6.04 Å². The molecule has 1 atom stereocenters. The van der Waals surface area contributed by atoms with Crippen molar-refractivity contribution in [1.29, 1.82) is 0 Å². The van der Waals surface area contributed by atoms with Gasteiger partial charge in [0.25, 0.3) is 11.5 Å². The quantitative estimate of drug-likeness (QED) is 0.488. The molecule has 0 radical (unpaired) electrons. The van der Waals surface area contributed by atoms with Crippen molar-refractivity contribution in [3.8, 4) is 0 Å². The molecule has 8 heteroatoms. The zero-order valence-electron chi connectivity index (χ0n) is 17.5. The third kappa shape index (κ3) is 3.57. The van der Waals surface area contributed by atoms with E-state index in [0.29, 0.717) is 20.6 Å². The number of thiophene rings is 1. The number of aryl methyl sites for hydroxylation is 1. The van der Waals surface area contributed by atoms with Gasteiger partial charge in [0.05, 0.1) is 15.8 Å². The fourth-order valence-electron chi connectivity index (χ4n) is 3.81. The van der Waals surface area contributed by atoms with E-state index in [1.165, 1.54) is 22.7 Å². The minimum Gasteiger partial charge on any atom is -0.362 e. The number of benzene rings is 1. The first-order valence-corrected chi connectivity index (χ1v) is 11.8. The summed E-state index contributed by atoms with van der Waals surface area (Å²) in [5.74, 6) is -0.252. The predicted molar refractivity (Wildman–Crippen MR) is 129 cm³/mol. The van der Waals surface area contributed by atoms with Crippen LogP contribution in [0.2, 0.25) is 0 Å². The van der Waals surface area contributed by atoms with Gasteiger partial charge >= 0.3 is 0 Å². The number of rotatable bonds is 4. The fraction of sp³-hybridized carbons (Fsp3) is 0.125. The van der Waals surface area contributed by atoms with Gasteiger partial charge in [-0.2, -0.15) is 0 Å². The molecule has 0 saturated heterocycles. The third-order valence-corrected chi connectivity index (χ3v) is 7.29. The molecule has 0 saturated carbocycles. The van der Waals surface area contributed by atoms with E-state index in [4.69, 9.17) is 0 Å². The number of para-hydroxylation sites is 1. The minimum absolute atomic E-state index is 0.157. The van der Waals surface area contributed by atoms with Gasteiger partial charge in [-0.1, -0.05) is 35.6 Å². The summed E-state index contributed by atoms with van der Waals surface area (Å²) in [4.78, 5) is 36.2. The van der Waals surface area contributed by atoms with Crippen LogP contribution in [0.3, 0.4) is 0 Å². The number of thiazole rings is 1. The molecule has 32 heavy (non-hydrogen) atoms. The highest BCUT2D eigenvalue weighted by atomic mass is 32.1. The van der Waals surface area contributed by atoms with Crippen LogP contribution in [-0.4, -0.2) is 15.5 Å². The number of nitrogens with one attached hydrogen (secondary N) is 2. The van der Waals surface area contributed by atoms with Gasteiger partial charge in [-0.15, -0.1) is 11.3 Å². The second-order valence-electron chi connectivity index (χ2n) is 7.49. The highest BCUT2D eigenvalue weighted by molar-refractivity contribution is 7.10. The molecule has 160 valence electrons. The van der Waals surface area contributed by atoms with Crippen LogP contribution >= 0.6 is 22.7 Å². The van der Waals surface area contributed by atoms with Gasteiger partial charge < -0.3 is 10.3 Å². The molecule has 2 N–H and O–H groups in total. The molecule has 0 bridgehead atoms. The van der Waals surface area contributed by atoms with Crippen molar-refractivity contribution in [2.45, 2.75) is 19.9 Å². The van der Waals surface area contributed by atoms with Crippen molar-refractivity contribution < 1.29 is 4.79 Å². The number of aromatic nitrogens is 2. The maximum Gasteiger partial charge on any atom is 0.271 e. The van der Waals surface area contributed by atoms with Gasteiger partial charge in [-0.3, -0.25) is 14.2 Å². The smallest absolute Gasteiger partial charge is 0.271 e. The van der Waals surface area contributed by atoms with E-state index in [9.17, 15) is 9.59 Å². The lowest BCUT2D eigenvalue weighted by molar-refractivity contribution is -0.113. The Labute approximate surface area is 191 Å². The summed E-state index contributed by atoms with van der Waals surface area (Å²) in [6, 6.07) is 14.8. The van der Waals surface area contributed by atoms with Crippen LogP contribution in [0.4, 0.5) is 5.69 Å². The standard InChI is InChI=1S/C24H20N4O2S2/c1-14-7-3-4-9-17(14)27-22(29)20-15(2)26-24-28(21(20)18-10-6-12-31-18)23(30)19(32-24)13-16-8-5-11-25-16/h3-13,21,25H,1-2H3,(H,27,29)/b19-13+/t21-/m1/s1. The number of carbonyl (C=O) groups excluding carboxylic acids is 1. The first-order chi connectivity index (χ1) is 15.5. The number of amides is 1. The first-order valence-electron chi connectivity index (χ1n) is 10.1. The van der Waals surface area contributed by atoms with Gasteiger partial charge in [0.15, 0.2) is 4.80 Å².